The molecule has 19 heavy (non-hydrogen) atoms. The molecule has 0 saturated heterocycles. The zero-order valence-corrected chi connectivity index (χ0v) is 10.9. The molecule has 1 aliphatic rings. The zero-order valence-electron chi connectivity index (χ0n) is 10.9. The van der Waals surface area contributed by atoms with Crippen LogP contribution in [0.25, 0.3) is 0 Å². The van der Waals surface area contributed by atoms with E-state index in [1.165, 1.54) is 17.2 Å². The zero-order chi connectivity index (χ0) is 13.1. The van der Waals surface area contributed by atoms with Gasteiger partial charge in [-0.25, -0.2) is 4.39 Å². The molecule has 0 amide bonds. The van der Waals surface area contributed by atoms with Crippen molar-refractivity contribution in [3.8, 4) is 0 Å². The first-order chi connectivity index (χ1) is 9.33. The average molecular weight is 255 g/mol. The fourth-order valence-corrected chi connectivity index (χ4v) is 2.82. The second-order valence-electron chi connectivity index (χ2n) is 5.17. The van der Waals surface area contributed by atoms with Crippen molar-refractivity contribution < 1.29 is 4.39 Å². The van der Waals surface area contributed by atoms with Crippen LogP contribution in [0.3, 0.4) is 0 Å². The lowest BCUT2D eigenvalue weighted by molar-refractivity contribution is 0.528. The molecular formula is C17H18FN. The van der Waals surface area contributed by atoms with Crippen LogP contribution in [0.4, 0.5) is 4.39 Å². The number of hydrogen-bond acceptors (Lipinski definition) is 1. The monoisotopic (exact) mass is 255 g/mol. The predicted octanol–water partition coefficient (Wildman–Crippen LogP) is 3.13. The Labute approximate surface area is 113 Å². The summed E-state index contributed by atoms with van der Waals surface area (Å²) in [6, 6.07) is 16.1. The summed E-state index contributed by atoms with van der Waals surface area (Å²) in [6.45, 7) is 0.833. The van der Waals surface area contributed by atoms with Gasteiger partial charge in [0.25, 0.3) is 0 Å². The quantitative estimate of drug-likeness (QED) is 0.885. The maximum atomic E-state index is 13.5. The van der Waals surface area contributed by atoms with Crippen LogP contribution >= 0.6 is 0 Å². The van der Waals surface area contributed by atoms with E-state index in [1.54, 1.807) is 6.07 Å². The standard InChI is InChI=1S/C17H18FN/c18-17-8-4-3-5-13(17)9-10-19-16-11-14-6-1-2-7-15(14)12-16/h1-8,16,19H,9-12H2. The number of rotatable bonds is 4. The molecule has 1 nitrogen and oxygen atoms in total. The Morgan fingerprint density at radius 2 is 1.58 bits per heavy atom. The van der Waals surface area contributed by atoms with E-state index in [0.717, 1.165) is 31.4 Å². The normalized spacial score (nSPS) is 14.6. The second-order valence-corrected chi connectivity index (χ2v) is 5.17. The number of fused-ring (bicyclic) bond motifs is 1. The summed E-state index contributed by atoms with van der Waals surface area (Å²) in [4.78, 5) is 0. The van der Waals surface area contributed by atoms with Crippen LogP contribution in [-0.2, 0) is 19.3 Å². The van der Waals surface area contributed by atoms with Crippen LogP contribution < -0.4 is 5.32 Å². The van der Waals surface area contributed by atoms with Crippen LogP contribution in [0.15, 0.2) is 48.5 Å². The van der Waals surface area contributed by atoms with Gasteiger partial charge in [0.15, 0.2) is 0 Å². The molecule has 98 valence electrons. The highest BCUT2D eigenvalue weighted by molar-refractivity contribution is 5.33. The largest absolute Gasteiger partial charge is 0.313 e. The number of halogens is 1. The van der Waals surface area contributed by atoms with Gasteiger partial charge in [0.05, 0.1) is 0 Å². The van der Waals surface area contributed by atoms with Gasteiger partial charge in [-0.15, -0.1) is 0 Å². The Balaban J connectivity index is 1.51. The fourth-order valence-electron chi connectivity index (χ4n) is 2.82. The Kier molecular flexibility index (Phi) is 3.60. The first kappa shape index (κ1) is 12.4. The summed E-state index contributed by atoms with van der Waals surface area (Å²) in [6.07, 6.45) is 2.93. The van der Waals surface area contributed by atoms with E-state index < -0.39 is 0 Å². The van der Waals surface area contributed by atoms with Crippen molar-refractivity contribution in [2.75, 3.05) is 6.54 Å². The van der Waals surface area contributed by atoms with Crippen LogP contribution in [0, 0.1) is 5.82 Å². The third-order valence-corrected chi connectivity index (χ3v) is 3.84. The van der Waals surface area contributed by atoms with Crippen LogP contribution in [0.5, 0.6) is 0 Å². The van der Waals surface area contributed by atoms with Gasteiger partial charge in [0.1, 0.15) is 5.82 Å². The topological polar surface area (TPSA) is 12.0 Å². The molecule has 0 aliphatic heterocycles. The number of benzene rings is 2. The van der Waals surface area contributed by atoms with Gasteiger partial charge in [-0.1, -0.05) is 42.5 Å². The third-order valence-electron chi connectivity index (χ3n) is 3.84. The Morgan fingerprint density at radius 1 is 0.947 bits per heavy atom. The second kappa shape index (κ2) is 5.54. The van der Waals surface area contributed by atoms with E-state index >= 15 is 0 Å². The molecule has 3 rings (SSSR count). The molecule has 0 fully saturated rings. The van der Waals surface area contributed by atoms with E-state index in [-0.39, 0.29) is 5.82 Å². The van der Waals surface area contributed by atoms with Crippen LogP contribution in [-0.4, -0.2) is 12.6 Å². The summed E-state index contributed by atoms with van der Waals surface area (Å²) in [7, 11) is 0. The van der Waals surface area contributed by atoms with Gasteiger partial charge in [-0.3, -0.25) is 0 Å². The van der Waals surface area contributed by atoms with E-state index in [2.05, 4.69) is 29.6 Å². The van der Waals surface area contributed by atoms with Crippen LogP contribution in [0.1, 0.15) is 16.7 Å². The molecule has 0 unspecified atom stereocenters. The molecule has 0 aromatic heterocycles. The summed E-state index contributed by atoms with van der Waals surface area (Å²) in [5, 5.41) is 3.54. The molecule has 0 radical (unpaired) electrons. The van der Waals surface area contributed by atoms with Crippen molar-refractivity contribution in [3.63, 3.8) is 0 Å². The highest BCUT2D eigenvalue weighted by Gasteiger charge is 2.19. The van der Waals surface area contributed by atoms with E-state index in [9.17, 15) is 4.39 Å². The van der Waals surface area contributed by atoms with Crippen molar-refractivity contribution in [1.82, 2.24) is 5.32 Å². The van der Waals surface area contributed by atoms with Gasteiger partial charge in [-0.2, -0.15) is 0 Å². The van der Waals surface area contributed by atoms with Gasteiger partial charge in [0, 0.05) is 6.04 Å². The first-order valence-electron chi connectivity index (χ1n) is 6.86. The lowest BCUT2D eigenvalue weighted by Crippen LogP contribution is -2.31. The van der Waals surface area contributed by atoms with Gasteiger partial charge in [-0.05, 0) is 48.6 Å². The van der Waals surface area contributed by atoms with E-state index in [4.69, 9.17) is 0 Å². The minimum absolute atomic E-state index is 0.0981. The Morgan fingerprint density at radius 3 is 2.26 bits per heavy atom. The average Bonchev–Trinajstić information content (AvgIpc) is 2.83. The molecule has 0 bridgehead atoms. The first-order valence-corrected chi connectivity index (χ1v) is 6.86. The van der Waals surface area contributed by atoms with Crippen LogP contribution in [0.2, 0.25) is 0 Å². The molecule has 0 saturated carbocycles. The smallest absolute Gasteiger partial charge is 0.126 e. The predicted molar refractivity (Wildman–Crippen MR) is 75.7 cm³/mol. The lowest BCUT2D eigenvalue weighted by Gasteiger charge is -2.12. The lowest BCUT2D eigenvalue weighted by atomic mass is 10.1. The van der Waals surface area contributed by atoms with Gasteiger partial charge >= 0.3 is 0 Å². The number of hydrogen-bond donors (Lipinski definition) is 1. The van der Waals surface area contributed by atoms with E-state index in [1.807, 2.05) is 12.1 Å². The van der Waals surface area contributed by atoms with Crippen molar-refractivity contribution in [3.05, 3.63) is 71.0 Å². The van der Waals surface area contributed by atoms with Crippen molar-refractivity contribution in [1.29, 1.82) is 0 Å². The highest BCUT2D eigenvalue weighted by Crippen LogP contribution is 2.21. The molecule has 0 heterocycles. The molecule has 2 heteroatoms. The fraction of sp³-hybridized carbons (Fsp3) is 0.294. The Bertz CT molecular complexity index is 540. The Hall–Kier alpha value is -1.67. The number of nitrogens with one attached hydrogen (secondary N) is 1. The maximum Gasteiger partial charge on any atom is 0.126 e. The summed E-state index contributed by atoms with van der Waals surface area (Å²) < 4.78 is 13.5. The molecular weight excluding hydrogens is 237 g/mol. The molecule has 1 aliphatic carbocycles. The highest BCUT2D eigenvalue weighted by atomic mass is 19.1. The summed E-state index contributed by atoms with van der Waals surface area (Å²) in [5.41, 5.74) is 3.70. The third kappa shape index (κ3) is 2.85. The minimum Gasteiger partial charge on any atom is -0.313 e. The van der Waals surface area contributed by atoms with E-state index in [0.29, 0.717) is 6.04 Å². The molecule has 2 aromatic carbocycles. The summed E-state index contributed by atoms with van der Waals surface area (Å²) in [5.74, 6) is -0.0981. The van der Waals surface area contributed by atoms with Crippen molar-refractivity contribution in [2.45, 2.75) is 25.3 Å². The maximum absolute atomic E-state index is 13.5. The minimum atomic E-state index is -0.0981. The molecule has 1 N–H and O–H groups in total. The molecule has 0 spiro atoms. The van der Waals surface area contributed by atoms with Crippen molar-refractivity contribution >= 4 is 0 Å². The summed E-state index contributed by atoms with van der Waals surface area (Å²) >= 11 is 0. The van der Waals surface area contributed by atoms with Gasteiger partial charge in [0.2, 0.25) is 0 Å². The van der Waals surface area contributed by atoms with Crippen molar-refractivity contribution in [2.24, 2.45) is 0 Å². The molecule has 2 aromatic rings. The SMILES string of the molecule is Fc1ccccc1CCNC1Cc2ccccc2C1. The molecule has 0 atom stereocenters. The van der Waals surface area contributed by atoms with Gasteiger partial charge < -0.3 is 5.32 Å².